The van der Waals surface area contributed by atoms with Gasteiger partial charge in [-0.1, -0.05) is 12.8 Å². The average Bonchev–Trinajstić information content (AvgIpc) is 2.72. The molecular weight excluding hydrogens is 174 g/mol. The summed E-state index contributed by atoms with van der Waals surface area (Å²) in [6.07, 6.45) is 7.67. The lowest BCUT2D eigenvalue weighted by molar-refractivity contribution is -0.174. The Morgan fingerprint density at radius 2 is 1.79 bits per heavy atom. The Kier molecular flexibility index (Phi) is 1.70. The molecule has 3 aliphatic rings. The molecule has 76 valence electrons. The van der Waals surface area contributed by atoms with Crippen LogP contribution in [0.1, 0.15) is 38.5 Å². The van der Waals surface area contributed by atoms with Crippen molar-refractivity contribution in [2.24, 2.45) is 16.7 Å². The van der Waals surface area contributed by atoms with E-state index in [0.29, 0.717) is 0 Å². The third kappa shape index (κ3) is 0.892. The van der Waals surface area contributed by atoms with E-state index < -0.39 is 0 Å². The molecule has 2 saturated carbocycles. The van der Waals surface area contributed by atoms with Crippen molar-refractivity contribution >= 4 is 0 Å². The Balaban J connectivity index is 1.87. The van der Waals surface area contributed by atoms with E-state index in [1.165, 1.54) is 25.7 Å². The minimum absolute atomic E-state index is 0.0280. The summed E-state index contributed by atoms with van der Waals surface area (Å²) in [5, 5.41) is 9.31. The van der Waals surface area contributed by atoms with Crippen molar-refractivity contribution in [3.05, 3.63) is 0 Å². The summed E-state index contributed by atoms with van der Waals surface area (Å²) in [4.78, 5) is 0. The van der Waals surface area contributed by atoms with E-state index in [4.69, 9.17) is 4.74 Å². The molecule has 0 amide bonds. The normalized spacial score (nSPS) is 33.4. The first-order valence-electron chi connectivity index (χ1n) is 5.82. The molecule has 0 atom stereocenters. The maximum Gasteiger partial charge on any atom is 0.0697 e. The summed E-state index contributed by atoms with van der Waals surface area (Å²) in [6, 6.07) is 2.59. The van der Waals surface area contributed by atoms with E-state index in [-0.39, 0.29) is 10.8 Å². The molecule has 1 saturated heterocycles. The lowest BCUT2D eigenvalue weighted by Gasteiger charge is -2.49. The van der Waals surface area contributed by atoms with Gasteiger partial charge in [0.05, 0.1) is 24.7 Å². The lowest BCUT2D eigenvalue weighted by Crippen LogP contribution is -2.53. The van der Waals surface area contributed by atoms with Gasteiger partial charge in [0.25, 0.3) is 0 Å². The lowest BCUT2D eigenvalue weighted by atomic mass is 9.62. The van der Waals surface area contributed by atoms with Crippen molar-refractivity contribution < 1.29 is 4.74 Å². The molecule has 0 aromatic carbocycles. The Morgan fingerprint density at radius 3 is 2.14 bits per heavy atom. The highest BCUT2D eigenvalue weighted by atomic mass is 16.5. The molecule has 14 heavy (non-hydrogen) atoms. The van der Waals surface area contributed by atoms with Crippen molar-refractivity contribution in [2.75, 3.05) is 13.2 Å². The maximum atomic E-state index is 9.31. The molecule has 2 nitrogen and oxygen atoms in total. The Labute approximate surface area is 85.2 Å². The number of ether oxygens (including phenoxy) is 1. The third-order valence-corrected chi connectivity index (χ3v) is 4.77. The van der Waals surface area contributed by atoms with Gasteiger partial charge in [-0.2, -0.15) is 5.26 Å². The minimum Gasteiger partial charge on any atom is -0.380 e. The largest absolute Gasteiger partial charge is 0.380 e. The van der Waals surface area contributed by atoms with Gasteiger partial charge in [0.2, 0.25) is 0 Å². The van der Waals surface area contributed by atoms with Gasteiger partial charge in [0.15, 0.2) is 0 Å². The van der Waals surface area contributed by atoms with Crippen molar-refractivity contribution in [3.8, 4) is 6.07 Å². The molecule has 0 bridgehead atoms. The number of rotatable bonds is 2. The second-order valence-corrected chi connectivity index (χ2v) is 5.32. The third-order valence-electron chi connectivity index (χ3n) is 4.77. The molecule has 0 aromatic rings. The maximum absolute atomic E-state index is 9.31. The van der Waals surface area contributed by atoms with Crippen molar-refractivity contribution in [1.29, 1.82) is 5.26 Å². The number of hydrogen-bond donors (Lipinski definition) is 0. The van der Waals surface area contributed by atoms with Crippen LogP contribution >= 0.6 is 0 Å². The quantitative estimate of drug-likeness (QED) is 0.671. The summed E-state index contributed by atoms with van der Waals surface area (Å²) < 4.78 is 5.43. The minimum atomic E-state index is 0.0280. The number of nitriles is 1. The van der Waals surface area contributed by atoms with E-state index in [1.807, 2.05) is 0 Å². The summed E-state index contributed by atoms with van der Waals surface area (Å²) in [5.41, 5.74) is 0.304. The zero-order chi connectivity index (χ0) is 9.65. The molecule has 2 heteroatoms. The van der Waals surface area contributed by atoms with Gasteiger partial charge in [-0.15, -0.1) is 0 Å². The van der Waals surface area contributed by atoms with Crippen LogP contribution in [0.5, 0.6) is 0 Å². The van der Waals surface area contributed by atoms with E-state index in [2.05, 4.69) is 6.07 Å². The van der Waals surface area contributed by atoms with Gasteiger partial charge in [0.1, 0.15) is 0 Å². The van der Waals surface area contributed by atoms with Gasteiger partial charge in [0, 0.05) is 5.41 Å². The molecule has 0 radical (unpaired) electrons. The highest BCUT2D eigenvalue weighted by Crippen LogP contribution is 2.66. The van der Waals surface area contributed by atoms with E-state index >= 15 is 0 Å². The summed E-state index contributed by atoms with van der Waals surface area (Å²) in [5.74, 6) is 0.790. The Morgan fingerprint density at radius 1 is 1.14 bits per heavy atom. The van der Waals surface area contributed by atoms with Gasteiger partial charge in [-0.05, 0) is 31.6 Å². The van der Waals surface area contributed by atoms with E-state index in [1.54, 1.807) is 0 Å². The molecule has 1 heterocycles. The first-order valence-corrected chi connectivity index (χ1v) is 5.82. The fraction of sp³-hybridized carbons (Fsp3) is 0.917. The molecule has 0 N–H and O–H groups in total. The van der Waals surface area contributed by atoms with E-state index in [9.17, 15) is 5.26 Å². The SMILES string of the molecule is N#CC1(C2(C3CCCC3)COC2)CC1. The van der Waals surface area contributed by atoms with Crippen molar-refractivity contribution in [3.63, 3.8) is 0 Å². The van der Waals surface area contributed by atoms with Crippen LogP contribution in [-0.4, -0.2) is 13.2 Å². The molecule has 0 unspecified atom stereocenters. The zero-order valence-electron chi connectivity index (χ0n) is 8.59. The summed E-state index contributed by atoms with van der Waals surface area (Å²) in [6.45, 7) is 1.73. The predicted molar refractivity (Wildman–Crippen MR) is 52.5 cm³/mol. The molecule has 3 rings (SSSR count). The Bertz CT molecular complexity index is 277. The van der Waals surface area contributed by atoms with Gasteiger partial charge in [-0.25, -0.2) is 0 Å². The monoisotopic (exact) mass is 191 g/mol. The first kappa shape index (κ1) is 8.73. The topological polar surface area (TPSA) is 33.0 Å². The van der Waals surface area contributed by atoms with Crippen LogP contribution < -0.4 is 0 Å². The fourth-order valence-electron chi connectivity index (χ4n) is 3.55. The van der Waals surface area contributed by atoms with Crippen LogP contribution in [0.15, 0.2) is 0 Å². The molecular formula is C12H17NO. The van der Waals surface area contributed by atoms with E-state index in [0.717, 1.165) is 32.0 Å². The first-order chi connectivity index (χ1) is 6.83. The standard InChI is InChI=1S/C12H17NO/c13-7-11(5-6-11)12(8-14-9-12)10-3-1-2-4-10/h10H,1-6,8-9H2. The second-order valence-electron chi connectivity index (χ2n) is 5.32. The molecule has 0 spiro atoms. The van der Waals surface area contributed by atoms with Crippen LogP contribution in [0.25, 0.3) is 0 Å². The number of nitrogens with zero attached hydrogens (tertiary/aromatic N) is 1. The van der Waals surface area contributed by atoms with Crippen LogP contribution in [0.2, 0.25) is 0 Å². The highest BCUT2D eigenvalue weighted by Gasteiger charge is 2.66. The fourth-order valence-corrected chi connectivity index (χ4v) is 3.55. The zero-order valence-corrected chi connectivity index (χ0v) is 8.59. The average molecular weight is 191 g/mol. The summed E-state index contributed by atoms with van der Waals surface area (Å²) >= 11 is 0. The number of hydrogen-bond acceptors (Lipinski definition) is 2. The van der Waals surface area contributed by atoms with Crippen LogP contribution in [-0.2, 0) is 4.74 Å². The molecule has 2 aliphatic carbocycles. The van der Waals surface area contributed by atoms with Gasteiger partial charge < -0.3 is 4.74 Å². The van der Waals surface area contributed by atoms with Gasteiger partial charge >= 0.3 is 0 Å². The summed E-state index contributed by atoms with van der Waals surface area (Å²) in [7, 11) is 0. The smallest absolute Gasteiger partial charge is 0.0697 e. The van der Waals surface area contributed by atoms with Crippen LogP contribution in [0.4, 0.5) is 0 Å². The van der Waals surface area contributed by atoms with Gasteiger partial charge in [-0.3, -0.25) is 0 Å². The molecule has 3 fully saturated rings. The van der Waals surface area contributed by atoms with Crippen LogP contribution in [0.3, 0.4) is 0 Å². The highest BCUT2D eigenvalue weighted by molar-refractivity contribution is 5.22. The van der Waals surface area contributed by atoms with Crippen LogP contribution in [0, 0.1) is 28.1 Å². The van der Waals surface area contributed by atoms with Crippen molar-refractivity contribution in [2.45, 2.75) is 38.5 Å². The predicted octanol–water partition coefficient (Wildman–Crippen LogP) is 2.50. The Hall–Kier alpha value is -0.550. The molecule has 1 aliphatic heterocycles. The second kappa shape index (κ2) is 2.73. The van der Waals surface area contributed by atoms with Crippen molar-refractivity contribution in [1.82, 2.24) is 0 Å². The molecule has 0 aromatic heterocycles.